The van der Waals surface area contributed by atoms with Gasteiger partial charge < -0.3 is 0 Å². The van der Waals surface area contributed by atoms with Crippen LogP contribution >= 0.6 is 22.6 Å². The first-order valence-corrected chi connectivity index (χ1v) is 6.81. The first kappa shape index (κ1) is 11.6. The molecule has 0 saturated heterocycles. The van der Waals surface area contributed by atoms with E-state index in [0.717, 1.165) is 12.8 Å². The minimum absolute atomic E-state index is 0.669. The second kappa shape index (κ2) is 6.04. The van der Waals surface area contributed by atoms with Crippen LogP contribution in [-0.4, -0.2) is 3.92 Å². The molecule has 0 aromatic heterocycles. The van der Waals surface area contributed by atoms with Gasteiger partial charge in [-0.15, -0.1) is 0 Å². The predicted octanol–water partition coefficient (Wildman–Crippen LogP) is 4.28. The summed E-state index contributed by atoms with van der Waals surface area (Å²) in [5.41, 5.74) is 2.86. The van der Waals surface area contributed by atoms with E-state index < -0.39 is 0 Å². The standard InChI is InChI=1S/C15H15I/c16-15(11-13-7-3-1-4-8-13)12-14-9-5-2-6-10-14/h1-10,15H,11-12H2. The highest BCUT2D eigenvalue weighted by Gasteiger charge is 2.05. The molecule has 1 heteroatoms. The molecule has 0 unspecified atom stereocenters. The van der Waals surface area contributed by atoms with E-state index in [-0.39, 0.29) is 0 Å². The number of rotatable bonds is 4. The fourth-order valence-electron chi connectivity index (χ4n) is 1.81. The summed E-state index contributed by atoms with van der Waals surface area (Å²) < 4.78 is 0.669. The van der Waals surface area contributed by atoms with Gasteiger partial charge in [0.2, 0.25) is 0 Å². The minimum Gasteiger partial charge on any atom is -0.0819 e. The van der Waals surface area contributed by atoms with E-state index in [0.29, 0.717) is 3.92 Å². The number of hydrogen-bond donors (Lipinski definition) is 0. The van der Waals surface area contributed by atoms with Crippen LogP contribution in [0.3, 0.4) is 0 Å². The lowest BCUT2D eigenvalue weighted by atomic mass is 10.0. The number of halogens is 1. The van der Waals surface area contributed by atoms with Gasteiger partial charge in [-0.25, -0.2) is 0 Å². The zero-order valence-electron chi connectivity index (χ0n) is 9.14. The molecule has 0 nitrogen and oxygen atoms in total. The maximum absolute atomic E-state index is 2.55. The van der Waals surface area contributed by atoms with Crippen molar-refractivity contribution in [1.29, 1.82) is 0 Å². The van der Waals surface area contributed by atoms with Crippen molar-refractivity contribution < 1.29 is 0 Å². The lowest BCUT2D eigenvalue weighted by Crippen LogP contribution is -2.06. The third kappa shape index (κ3) is 3.63. The lowest BCUT2D eigenvalue weighted by molar-refractivity contribution is 0.872. The Bertz CT molecular complexity index is 366. The zero-order chi connectivity index (χ0) is 11.2. The quantitative estimate of drug-likeness (QED) is 0.582. The van der Waals surface area contributed by atoms with Gasteiger partial charge in [-0.1, -0.05) is 83.3 Å². The van der Waals surface area contributed by atoms with Crippen LogP contribution in [0.5, 0.6) is 0 Å². The summed E-state index contributed by atoms with van der Waals surface area (Å²) >= 11 is 2.55. The van der Waals surface area contributed by atoms with Gasteiger partial charge in [0.05, 0.1) is 0 Å². The SMILES string of the molecule is IC(Cc1ccccc1)Cc1ccccc1. The molecule has 0 aliphatic carbocycles. The molecule has 16 heavy (non-hydrogen) atoms. The highest BCUT2D eigenvalue weighted by Crippen LogP contribution is 2.15. The summed E-state index contributed by atoms with van der Waals surface area (Å²) in [5, 5.41) is 0. The van der Waals surface area contributed by atoms with Crippen LogP contribution in [-0.2, 0) is 12.8 Å². The van der Waals surface area contributed by atoms with Gasteiger partial charge in [0.1, 0.15) is 0 Å². The summed E-state index contributed by atoms with van der Waals surface area (Å²) in [6.45, 7) is 0. The Morgan fingerprint density at radius 1 is 0.688 bits per heavy atom. The van der Waals surface area contributed by atoms with Crippen molar-refractivity contribution in [1.82, 2.24) is 0 Å². The smallest absolute Gasteiger partial charge is 0.0190 e. The molecular formula is C15H15I. The molecule has 0 aliphatic heterocycles. The minimum atomic E-state index is 0.669. The molecule has 0 spiro atoms. The summed E-state index contributed by atoms with van der Waals surface area (Å²) in [7, 11) is 0. The summed E-state index contributed by atoms with van der Waals surface area (Å²) in [6, 6.07) is 21.4. The van der Waals surface area contributed by atoms with E-state index in [1.54, 1.807) is 0 Å². The Kier molecular flexibility index (Phi) is 4.40. The summed E-state index contributed by atoms with van der Waals surface area (Å²) in [5.74, 6) is 0. The maximum Gasteiger partial charge on any atom is 0.0190 e. The number of benzene rings is 2. The fraction of sp³-hybridized carbons (Fsp3) is 0.200. The first-order valence-electron chi connectivity index (χ1n) is 5.56. The number of hydrogen-bond acceptors (Lipinski definition) is 0. The Morgan fingerprint density at radius 3 is 1.44 bits per heavy atom. The van der Waals surface area contributed by atoms with Crippen LogP contribution in [0.25, 0.3) is 0 Å². The van der Waals surface area contributed by atoms with Crippen molar-refractivity contribution >= 4 is 22.6 Å². The first-order chi connectivity index (χ1) is 7.84. The van der Waals surface area contributed by atoms with Crippen LogP contribution in [0.1, 0.15) is 11.1 Å². The highest BCUT2D eigenvalue weighted by atomic mass is 127. The normalized spacial score (nSPS) is 10.6. The van der Waals surface area contributed by atoms with Gasteiger partial charge in [0.25, 0.3) is 0 Å². The largest absolute Gasteiger partial charge is 0.0819 e. The van der Waals surface area contributed by atoms with Crippen molar-refractivity contribution in [2.45, 2.75) is 16.8 Å². The predicted molar refractivity (Wildman–Crippen MR) is 78.1 cm³/mol. The molecule has 2 rings (SSSR count). The van der Waals surface area contributed by atoms with Crippen molar-refractivity contribution in [2.75, 3.05) is 0 Å². The van der Waals surface area contributed by atoms with Crippen LogP contribution in [0.4, 0.5) is 0 Å². The number of alkyl halides is 1. The Morgan fingerprint density at radius 2 is 1.06 bits per heavy atom. The molecule has 0 radical (unpaired) electrons. The van der Waals surface area contributed by atoms with Gasteiger partial charge in [-0.05, 0) is 24.0 Å². The van der Waals surface area contributed by atoms with E-state index in [2.05, 4.69) is 83.3 Å². The molecule has 2 aromatic carbocycles. The molecule has 0 fully saturated rings. The molecule has 82 valence electrons. The van der Waals surface area contributed by atoms with Crippen LogP contribution in [0.15, 0.2) is 60.7 Å². The lowest BCUT2D eigenvalue weighted by Gasteiger charge is -2.09. The molecule has 0 heterocycles. The molecule has 0 N–H and O–H groups in total. The molecule has 2 aromatic rings. The third-order valence-corrected chi connectivity index (χ3v) is 3.48. The second-order valence-corrected chi connectivity index (χ2v) is 5.74. The highest BCUT2D eigenvalue weighted by molar-refractivity contribution is 14.1. The molecule has 0 atom stereocenters. The molecule has 0 bridgehead atoms. The summed E-state index contributed by atoms with van der Waals surface area (Å²) in [4.78, 5) is 0. The van der Waals surface area contributed by atoms with E-state index in [4.69, 9.17) is 0 Å². The Hall–Kier alpha value is -0.830. The topological polar surface area (TPSA) is 0 Å². The van der Waals surface area contributed by atoms with Crippen LogP contribution in [0, 0.1) is 0 Å². The summed E-state index contributed by atoms with van der Waals surface area (Å²) in [6.07, 6.45) is 2.30. The van der Waals surface area contributed by atoms with E-state index in [9.17, 15) is 0 Å². The third-order valence-electron chi connectivity index (χ3n) is 2.60. The molecule has 0 amide bonds. The van der Waals surface area contributed by atoms with E-state index in [1.165, 1.54) is 11.1 Å². The van der Waals surface area contributed by atoms with Gasteiger partial charge in [-0.2, -0.15) is 0 Å². The van der Waals surface area contributed by atoms with Crippen molar-refractivity contribution in [3.05, 3.63) is 71.8 Å². The maximum atomic E-state index is 2.55. The van der Waals surface area contributed by atoms with Crippen molar-refractivity contribution in [2.24, 2.45) is 0 Å². The fourth-order valence-corrected chi connectivity index (χ4v) is 2.83. The Labute approximate surface area is 111 Å². The van der Waals surface area contributed by atoms with Crippen molar-refractivity contribution in [3.8, 4) is 0 Å². The van der Waals surface area contributed by atoms with Crippen molar-refractivity contribution in [3.63, 3.8) is 0 Å². The zero-order valence-corrected chi connectivity index (χ0v) is 11.3. The molecule has 0 aliphatic rings. The van der Waals surface area contributed by atoms with Crippen LogP contribution in [0.2, 0.25) is 0 Å². The Balaban J connectivity index is 1.92. The van der Waals surface area contributed by atoms with Gasteiger partial charge in [0, 0.05) is 3.92 Å². The average molecular weight is 322 g/mol. The van der Waals surface area contributed by atoms with Gasteiger partial charge >= 0.3 is 0 Å². The van der Waals surface area contributed by atoms with Gasteiger partial charge in [0.15, 0.2) is 0 Å². The molecular weight excluding hydrogens is 307 g/mol. The van der Waals surface area contributed by atoms with Crippen LogP contribution < -0.4 is 0 Å². The monoisotopic (exact) mass is 322 g/mol. The van der Waals surface area contributed by atoms with E-state index in [1.807, 2.05) is 0 Å². The van der Waals surface area contributed by atoms with E-state index >= 15 is 0 Å². The second-order valence-electron chi connectivity index (χ2n) is 3.98. The average Bonchev–Trinajstić information content (AvgIpc) is 2.31. The van der Waals surface area contributed by atoms with Gasteiger partial charge in [-0.3, -0.25) is 0 Å². The molecule has 0 saturated carbocycles.